The van der Waals surface area contributed by atoms with E-state index in [1.807, 2.05) is 6.92 Å². The highest BCUT2D eigenvalue weighted by Crippen LogP contribution is 2.06. The molecule has 21 heavy (non-hydrogen) atoms. The Bertz CT molecular complexity index is 251. The van der Waals surface area contributed by atoms with Gasteiger partial charge in [-0.15, -0.1) is 24.8 Å². The van der Waals surface area contributed by atoms with E-state index < -0.39 is 0 Å². The van der Waals surface area contributed by atoms with Crippen molar-refractivity contribution in [2.45, 2.75) is 66.0 Å². The fourth-order valence-corrected chi connectivity index (χ4v) is 2.08. The van der Waals surface area contributed by atoms with Gasteiger partial charge in [0.25, 0.3) is 0 Å². The molecule has 3 N–H and O–H groups in total. The summed E-state index contributed by atoms with van der Waals surface area (Å²) in [7, 11) is 0. The summed E-state index contributed by atoms with van der Waals surface area (Å²) in [5.41, 5.74) is 5.92. The Morgan fingerprint density at radius 1 is 1.14 bits per heavy atom. The Kier molecular flexibility index (Phi) is 18.4. The van der Waals surface area contributed by atoms with Crippen molar-refractivity contribution in [2.75, 3.05) is 19.6 Å². The van der Waals surface area contributed by atoms with E-state index in [2.05, 4.69) is 37.9 Å². The van der Waals surface area contributed by atoms with Gasteiger partial charge in [0.1, 0.15) is 0 Å². The number of nitrogens with zero attached hydrogens (tertiary/aromatic N) is 1. The highest BCUT2D eigenvalue weighted by atomic mass is 35.5. The zero-order valence-corrected chi connectivity index (χ0v) is 15.9. The van der Waals surface area contributed by atoms with E-state index in [-0.39, 0.29) is 48.7 Å². The molecule has 0 radical (unpaired) electrons. The zero-order valence-electron chi connectivity index (χ0n) is 14.2. The van der Waals surface area contributed by atoms with E-state index in [1.54, 1.807) is 0 Å². The van der Waals surface area contributed by atoms with Gasteiger partial charge >= 0.3 is 0 Å². The number of carbonyl (C=O) groups excluding carboxylic acids is 1. The van der Waals surface area contributed by atoms with Gasteiger partial charge < -0.3 is 16.0 Å². The number of carbonyl (C=O) groups is 1. The molecule has 0 aromatic carbocycles. The van der Waals surface area contributed by atoms with Gasteiger partial charge in [0.15, 0.2) is 0 Å². The van der Waals surface area contributed by atoms with Crippen LogP contribution in [0.15, 0.2) is 0 Å². The number of nitrogens with one attached hydrogen (secondary N) is 1. The summed E-state index contributed by atoms with van der Waals surface area (Å²) in [5, 5.41) is 3.02. The van der Waals surface area contributed by atoms with Crippen LogP contribution in [0.4, 0.5) is 0 Å². The van der Waals surface area contributed by atoms with Crippen LogP contribution in [0.3, 0.4) is 0 Å². The fourth-order valence-electron chi connectivity index (χ4n) is 2.08. The monoisotopic (exact) mass is 343 g/mol. The van der Waals surface area contributed by atoms with E-state index in [1.165, 1.54) is 0 Å². The van der Waals surface area contributed by atoms with Crippen molar-refractivity contribution >= 4 is 30.7 Å². The molecule has 0 aromatic heterocycles. The Morgan fingerprint density at radius 3 is 2.10 bits per heavy atom. The lowest BCUT2D eigenvalue weighted by molar-refractivity contribution is -0.124. The lowest BCUT2D eigenvalue weighted by Gasteiger charge is -2.22. The zero-order chi connectivity index (χ0) is 14.8. The Labute approximate surface area is 143 Å². The molecule has 0 fully saturated rings. The average molecular weight is 344 g/mol. The third kappa shape index (κ3) is 11.2. The van der Waals surface area contributed by atoms with Crippen LogP contribution >= 0.6 is 24.8 Å². The summed E-state index contributed by atoms with van der Waals surface area (Å²) in [6.45, 7) is 13.8. The molecule has 4 nitrogen and oxygen atoms in total. The minimum atomic E-state index is -0.379. The van der Waals surface area contributed by atoms with Crippen LogP contribution in [0.1, 0.15) is 53.9 Å². The smallest absolute Gasteiger partial charge is 0.237 e. The lowest BCUT2D eigenvalue weighted by Crippen LogP contribution is -2.47. The highest BCUT2D eigenvalue weighted by Gasteiger charge is 2.20. The van der Waals surface area contributed by atoms with E-state index in [0.717, 1.165) is 38.9 Å². The third-order valence-electron chi connectivity index (χ3n) is 3.95. The minimum Gasteiger partial charge on any atom is -0.352 e. The van der Waals surface area contributed by atoms with E-state index in [0.29, 0.717) is 0 Å². The predicted molar refractivity (Wildman–Crippen MR) is 96.6 cm³/mol. The first-order valence-corrected chi connectivity index (χ1v) is 7.74. The number of hydrogen-bond acceptors (Lipinski definition) is 3. The first-order chi connectivity index (χ1) is 8.96. The standard InChI is InChI=1S/C15H33N3O.2ClH/c1-6-12(4)14(16)15(19)17-13(5)10-9-11-18(7-2)8-3;;/h12-14H,6-11,16H2,1-5H3,(H,17,19);2*1H. The highest BCUT2D eigenvalue weighted by molar-refractivity contribution is 5.85. The fraction of sp³-hybridized carbons (Fsp3) is 0.933. The van der Waals surface area contributed by atoms with Crippen LogP contribution < -0.4 is 11.1 Å². The summed E-state index contributed by atoms with van der Waals surface area (Å²) < 4.78 is 0. The molecular formula is C15H35Cl2N3O. The molecule has 0 aliphatic carbocycles. The van der Waals surface area contributed by atoms with Crippen LogP contribution in [0, 0.1) is 5.92 Å². The third-order valence-corrected chi connectivity index (χ3v) is 3.95. The molecule has 0 spiro atoms. The van der Waals surface area contributed by atoms with Crippen molar-refractivity contribution in [3.8, 4) is 0 Å². The molecule has 0 aliphatic rings. The maximum atomic E-state index is 11.9. The van der Waals surface area contributed by atoms with Crippen molar-refractivity contribution in [1.29, 1.82) is 0 Å². The van der Waals surface area contributed by atoms with Crippen LogP contribution in [-0.4, -0.2) is 42.5 Å². The second kappa shape index (κ2) is 14.9. The maximum Gasteiger partial charge on any atom is 0.237 e. The molecule has 0 aliphatic heterocycles. The molecule has 130 valence electrons. The topological polar surface area (TPSA) is 58.4 Å². The normalized spacial score (nSPS) is 14.6. The quantitative estimate of drug-likeness (QED) is 0.641. The van der Waals surface area contributed by atoms with Crippen LogP contribution in [0.2, 0.25) is 0 Å². The molecule has 3 atom stereocenters. The van der Waals surface area contributed by atoms with Crippen molar-refractivity contribution < 1.29 is 4.79 Å². The predicted octanol–water partition coefficient (Wildman–Crippen LogP) is 2.83. The first-order valence-electron chi connectivity index (χ1n) is 7.74. The molecule has 0 saturated heterocycles. The van der Waals surface area contributed by atoms with Gasteiger partial charge in [0, 0.05) is 6.04 Å². The van der Waals surface area contributed by atoms with Gasteiger partial charge in [-0.1, -0.05) is 34.1 Å². The molecule has 0 saturated carbocycles. The van der Waals surface area contributed by atoms with Gasteiger partial charge in [-0.25, -0.2) is 0 Å². The summed E-state index contributed by atoms with van der Waals surface area (Å²) in [4.78, 5) is 14.3. The molecule has 0 rings (SSSR count). The van der Waals surface area contributed by atoms with E-state index >= 15 is 0 Å². The van der Waals surface area contributed by atoms with Gasteiger partial charge in [0.05, 0.1) is 6.04 Å². The Balaban J connectivity index is -0.00000162. The maximum absolute atomic E-state index is 11.9. The second-order valence-corrected chi connectivity index (χ2v) is 5.49. The van der Waals surface area contributed by atoms with Crippen LogP contribution in [-0.2, 0) is 4.79 Å². The summed E-state index contributed by atoms with van der Waals surface area (Å²) in [5.74, 6) is 0.229. The number of nitrogens with two attached hydrogens (primary N) is 1. The minimum absolute atomic E-state index is 0. The summed E-state index contributed by atoms with van der Waals surface area (Å²) in [6.07, 6.45) is 3.06. The molecule has 0 aromatic rings. The van der Waals surface area contributed by atoms with Crippen molar-refractivity contribution in [3.63, 3.8) is 0 Å². The van der Waals surface area contributed by atoms with E-state index in [4.69, 9.17) is 5.73 Å². The lowest BCUT2D eigenvalue weighted by atomic mass is 9.99. The van der Waals surface area contributed by atoms with Crippen LogP contribution in [0.5, 0.6) is 0 Å². The van der Waals surface area contributed by atoms with Gasteiger partial charge in [-0.05, 0) is 45.3 Å². The number of amides is 1. The number of rotatable bonds is 10. The molecule has 6 heteroatoms. The van der Waals surface area contributed by atoms with Gasteiger partial charge in [-0.2, -0.15) is 0 Å². The summed E-state index contributed by atoms with van der Waals surface area (Å²) in [6, 6.07) is -0.173. The van der Waals surface area contributed by atoms with Gasteiger partial charge in [0.2, 0.25) is 5.91 Å². The Hall–Kier alpha value is -0.0300. The Morgan fingerprint density at radius 2 is 1.67 bits per heavy atom. The summed E-state index contributed by atoms with van der Waals surface area (Å²) >= 11 is 0. The largest absolute Gasteiger partial charge is 0.352 e. The van der Waals surface area contributed by atoms with Crippen molar-refractivity contribution in [3.05, 3.63) is 0 Å². The molecule has 3 unspecified atom stereocenters. The molecule has 0 heterocycles. The van der Waals surface area contributed by atoms with Crippen molar-refractivity contribution in [1.82, 2.24) is 10.2 Å². The molecule has 1 amide bonds. The van der Waals surface area contributed by atoms with Crippen LogP contribution in [0.25, 0.3) is 0 Å². The second-order valence-electron chi connectivity index (χ2n) is 5.49. The van der Waals surface area contributed by atoms with E-state index in [9.17, 15) is 4.79 Å². The first kappa shape index (κ1) is 25.9. The number of hydrogen-bond donors (Lipinski definition) is 2. The molecule has 0 bridgehead atoms. The average Bonchev–Trinajstić information content (AvgIpc) is 2.41. The SMILES string of the molecule is CCC(C)C(N)C(=O)NC(C)CCCN(CC)CC.Cl.Cl. The molecular weight excluding hydrogens is 309 g/mol. The van der Waals surface area contributed by atoms with Crippen molar-refractivity contribution in [2.24, 2.45) is 11.7 Å². The van der Waals surface area contributed by atoms with Gasteiger partial charge in [-0.3, -0.25) is 4.79 Å². The number of halogens is 2.